The Morgan fingerprint density at radius 1 is 0.134 bits per heavy atom. The summed E-state index contributed by atoms with van der Waals surface area (Å²) in [6.45, 7) is 0. The molecule has 0 atom stereocenters. The van der Waals surface area contributed by atoms with Gasteiger partial charge in [0.1, 0.15) is 22.3 Å². The van der Waals surface area contributed by atoms with Crippen molar-refractivity contribution in [1.82, 2.24) is 27.2 Å². The third-order valence-corrected chi connectivity index (χ3v) is 30.1. The first-order valence-electron chi connectivity index (χ1n) is 48.8. The van der Waals surface area contributed by atoms with Gasteiger partial charge in [0.15, 0.2) is 0 Å². The zero-order chi connectivity index (χ0) is 92.9. The molecule has 0 fully saturated rings. The third-order valence-electron chi connectivity index (χ3n) is 30.1. The van der Waals surface area contributed by atoms with Crippen LogP contribution in [-0.4, -0.2) is 27.2 Å². The Balaban J connectivity index is 0.0000000997. The zero-order valence-electron chi connectivity index (χ0n) is 76.8. The van der Waals surface area contributed by atoms with Gasteiger partial charge in [0.25, 0.3) is 0 Å². The van der Waals surface area contributed by atoms with Crippen LogP contribution in [0.15, 0.2) is 506 Å². The minimum atomic E-state index is 0.913. The molecular weight excluding hydrogens is 1730 g/mol. The van der Waals surface area contributed by atoms with E-state index in [2.05, 4.69) is 500 Å². The van der Waals surface area contributed by atoms with Gasteiger partial charge in [-0.05, 0) is 218 Å². The normalized spacial score (nSPS) is 12.1. The highest BCUT2D eigenvalue weighted by molar-refractivity contribution is 6.36. The monoisotopic (exact) mass is 1810 g/mol. The van der Waals surface area contributed by atoms with Crippen molar-refractivity contribution in [2.75, 3.05) is 0 Å². The second kappa shape index (κ2) is 31.3. The van der Waals surface area contributed by atoms with E-state index in [0.29, 0.717) is 0 Å². The van der Waals surface area contributed by atoms with Crippen LogP contribution in [0.3, 0.4) is 0 Å². The Morgan fingerprint density at radius 3 is 0.993 bits per heavy atom. The number of nitrogens with zero attached hydrogens (tertiary/aromatic N) is 6. The van der Waals surface area contributed by atoms with E-state index in [1.54, 1.807) is 0 Å². The number of hydrogen-bond acceptors (Lipinski definition) is 2. The van der Waals surface area contributed by atoms with Crippen LogP contribution in [-0.2, 0) is 0 Å². The molecule has 0 aliphatic carbocycles. The first kappa shape index (κ1) is 79.2. The zero-order valence-corrected chi connectivity index (χ0v) is 76.8. The maximum Gasteiger partial charge on any atom is 0.136 e. The summed E-state index contributed by atoms with van der Waals surface area (Å²) in [4.78, 5) is 0. The van der Waals surface area contributed by atoms with Crippen LogP contribution in [0.5, 0.6) is 0 Å². The lowest BCUT2D eigenvalue weighted by Gasteiger charge is -2.13. The maximum atomic E-state index is 6.21. The van der Waals surface area contributed by atoms with Gasteiger partial charge in [0.05, 0.1) is 71.7 Å². The number of hydrogen-bond donors (Lipinski definition) is 0. The largest absolute Gasteiger partial charge is 0.456 e. The van der Waals surface area contributed by atoms with E-state index >= 15 is 0 Å². The van der Waals surface area contributed by atoms with Gasteiger partial charge in [-0.25, -0.2) is 0 Å². The summed E-state index contributed by atoms with van der Waals surface area (Å²) >= 11 is 0. The summed E-state index contributed by atoms with van der Waals surface area (Å²) < 4.78 is 27.1. The van der Waals surface area contributed by atoms with Gasteiger partial charge in [-0.3, -0.25) is 0 Å². The van der Waals surface area contributed by atoms with E-state index in [1.807, 2.05) is 24.3 Å². The topological polar surface area (TPSA) is 55.3 Å². The average Bonchev–Trinajstić information content (AvgIpc) is 1.51. The molecule has 0 spiro atoms. The first-order chi connectivity index (χ1) is 70.5. The molecule has 0 saturated heterocycles. The van der Waals surface area contributed by atoms with Crippen LogP contribution in [0.25, 0.3) is 285 Å². The summed E-state index contributed by atoms with van der Waals surface area (Å²) in [6, 6.07) is 180. The fourth-order valence-electron chi connectivity index (χ4n) is 24.0. The predicted molar refractivity (Wildman–Crippen MR) is 597 cm³/mol. The smallest absolute Gasteiger partial charge is 0.136 e. The van der Waals surface area contributed by atoms with Crippen molar-refractivity contribution in [3.05, 3.63) is 497 Å². The SMILES string of the molecule is c1ccc(-c2ccccc2-c2ccc(-n3c4cccc5c6ccccc6n6c7ccc8ccccc8c7c7ccc3c(c54)c76)cc2)cc1.c1ccc(-n2c3cc4c(cc3c3ccc5ccccc5c32)c2ccccc2n4-c2ccc(-c3cccc4oc5ccccc5c34)cc2)cc1.c1ccc(-n2c3ccccc3c3cc4c5ccccc5n(-c5ccc(-c6cccc7oc8ccccc8c67)cc5)c4cc32)cc1. The van der Waals surface area contributed by atoms with Crippen LogP contribution >= 0.6 is 0 Å². The van der Waals surface area contributed by atoms with Crippen molar-refractivity contribution >= 4 is 213 Å². The maximum absolute atomic E-state index is 6.21. The Morgan fingerprint density at radius 2 is 0.465 bits per heavy atom. The molecule has 0 unspecified atom stereocenters. The second-order valence-electron chi connectivity index (χ2n) is 37.6. The molecule has 32 aromatic rings. The summed E-state index contributed by atoms with van der Waals surface area (Å²) in [5.74, 6) is 0. The number of fused-ring (bicyclic) bond motifs is 28. The number of para-hydroxylation sites is 8. The molecule has 0 radical (unpaired) electrons. The van der Waals surface area contributed by atoms with Gasteiger partial charge in [-0.2, -0.15) is 0 Å². The van der Waals surface area contributed by atoms with Crippen molar-refractivity contribution in [1.29, 1.82) is 0 Å². The van der Waals surface area contributed by atoms with E-state index < -0.39 is 0 Å². The molecule has 0 aliphatic heterocycles. The van der Waals surface area contributed by atoms with Crippen LogP contribution in [0.2, 0.25) is 0 Å². The number of furan rings is 2. The van der Waals surface area contributed by atoms with E-state index in [1.165, 1.54) is 213 Å². The molecular formula is C134H82N6O2. The van der Waals surface area contributed by atoms with Crippen molar-refractivity contribution in [2.24, 2.45) is 0 Å². The lowest BCUT2D eigenvalue weighted by molar-refractivity contribution is 0.668. The summed E-state index contributed by atoms with van der Waals surface area (Å²) in [5, 5.41) is 27.5. The highest BCUT2D eigenvalue weighted by atomic mass is 16.3. The molecule has 142 heavy (non-hydrogen) atoms. The van der Waals surface area contributed by atoms with Crippen LogP contribution in [0.4, 0.5) is 0 Å². The van der Waals surface area contributed by atoms with E-state index in [9.17, 15) is 0 Å². The van der Waals surface area contributed by atoms with Crippen molar-refractivity contribution in [3.63, 3.8) is 0 Å². The molecule has 0 bridgehead atoms. The Labute approximate surface area is 813 Å². The fraction of sp³-hybridized carbons (Fsp3) is 0. The van der Waals surface area contributed by atoms with E-state index in [4.69, 9.17) is 8.83 Å². The van der Waals surface area contributed by atoms with Crippen molar-refractivity contribution in [2.45, 2.75) is 0 Å². The molecule has 0 amide bonds. The molecule has 0 N–H and O–H groups in total. The highest BCUT2D eigenvalue weighted by Crippen LogP contribution is 2.51. The molecule has 8 heteroatoms. The molecule has 9 aromatic heterocycles. The Kier molecular flexibility index (Phi) is 17.4. The van der Waals surface area contributed by atoms with Gasteiger partial charge in [-0.15, -0.1) is 0 Å². The summed E-state index contributed by atoms with van der Waals surface area (Å²) in [5.41, 5.74) is 34.9. The molecule has 0 saturated carbocycles. The lowest BCUT2D eigenvalue weighted by Crippen LogP contribution is -1.96. The Hall–Kier alpha value is -19.0. The fourth-order valence-corrected chi connectivity index (χ4v) is 24.0. The molecule has 8 nitrogen and oxygen atoms in total. The molecule has 0 aliphatic rings. The van der Waals surface area contributed by atoms with E-state index in [-0.39, 0.29) is 0 Å². The van der Waals surface area contributed by atoms with Crippen molar-refractivity contribution in [3.8, 4) is 72.9 Å². The minimum Gasteiger partial charge on any atom is -0.456 e. The molecule has 9 heterocycles. The highest BCUT2D eigenvalue weighted by Gasteiger charge is 2.28. The third kappa shape index (κ3) is 11.9. The molecule has 660 valence electrons. The van der Waals surface area contributed by atoms with Crippen molar-refractivity contribution < 1.29 is 8.83 Å². The number of rotatable bonds is 9. The minimum absolute atomic E-state index is 0.913. The summed E-state index contributed by atoms with van der Waals surface area (Å²) in [7, 11) is 0. The standard InChI is InChI=1S/C46H28N2O.C46H28N2.C42H26N2O/c1-2-12-31(13-3-1)48-42-28-41-38(27-39(42)36-26-23-29-11-4-5-14-34(29)46(36)48)35-15-6-8-18-40(35)47(41)32-24-21-30(22-25-32)33-17-10-20-44-45(33)37-16-7-9-19-43(37)49-44;1-2-11-29(12-3-1)33-14-6-7-15-34(33)31-21-24-32(25-22-31)47-40-20-10-18-37-36-17-8-9-19-39(36)48-41-27-23-30-13-4-5-16-35(30)43(41)38-26-28-42(47)45(44(37)40)46(38)48;1-2-11-28(12-3-1)43-36-17-7-4-13-31(36)34-25-35-32-14-5-8-18-37(32)44(39(35)26-38(34)43)29-23-21-27(22-24-29)30-16-10-20-41-42(30)33-15-6-9-19-40(33)45-41/h1-28H;1-28H;1-26H. The van der Waals surface area contributed by atoms with Crippen LogP contribution < -0.4 is 0 Å². The second-order valence-corrected chi connectivity index (χ2v) is 37.6. The lowest BCUT2D eigenvalue weighted by atomic mass is 9.94. The number of aromatic nitrogens is 6. The molecule has 32 rings (SSSR count). The van der Waals surface area contributed by atoms with Gasteiger partial charge in [0, 0.05) is 125 Å². The van der Waals surface area contributed by atoms with Gasteiger partial charge >= 0.3 is 0 Å². The number of benzene rings is 23. The van der Waals surface area contributed by atoms with E-state index in [0.717, 1.165) is 72.3 Å². The summed E-state index contributed by atoms with van der Waals surface area (Å²) in [6.07, 6.45) is 0. The molecule has 23 aromatic carbocycles. The van der Waals surface area contributed by atoms with Crippen LogP contribution in [0.1, 0.15) is 0 Å². The Bertz CT molecular complexity index is 10800. The quantitative estimate of drug-likeness (QED) is 0.145. The van der Waals surface area contributed by atoms with Gasteiger partial charge in [0.2, 0.25) is 0 Å². The van der Waals surface area contributed by atoms with Crippen LogP contribution in [0, 0.1) is 0 Å². The van der Waals surface area contributed by atoms with Gasteiger partial charge < -0.3 is 36.1 Å². The first-order valence-corrected chi connectivity index (χ1v) is 48.8. The van der Waals surface area contributed by atoms with Gasteiger partial charge in [-0.1, -0.05) is 346 Å². The average molecular weight is 1810 g/mol. The predicted octanol–water partition coefficient (Wildman–Crippen LogP) is 36.5.